The van der Waals surface area contributed by atoms with Crippen molar-refractivity contribution in [1.29, 1.82) is 0 Å². The fraction of sp³-hybridized carbons (Fsp3) is 0.625. The fourth-order valence-corrected chi connectivity index (χ4v) is 3.93. The molecule has 1 aliphatic rings. The molecule has 2 unspecified atom stereocenters. The normalized spacial score (nSPS) is 24.9. The summed E-state index contributed by atoms with van der Waals surface area (Å²) in [4.78, 5) is 2.58. The summed E-state index contributed by atoms with van der Waals surface area (Å²) in [6.07, 6.45) is 3.71. The van der Waals surface area contributed by atoms with Crippen molar-refractivity contribution >= 4 is 27.5 Å². The van der Waals surface area contributed by atoms with Crippen LogP contribution in [0.5, 0.6) is 0 Å². The molecule has 0 saturated carbocycles. The fourth-order valence-electron chi connectivity index (χ4n) is 3.27. The lowest BCUT2D eigenvalue weighted by Gasteiger charge is -2.38. The monoisotopic (exact) mass is 358 g/mol. The predicted octanol–water partition coefficient (Wildman–Crippen LogP) is 4.61. The van der Waals surface area contributed by atoms with Gasteiger partial charge >= 0.3 is 0 Å². The molecule has 20 heavy (non-hydrogen) atoms. The molecule has 0 aromatic heterocycles. The van der Waals surface area contributed by atoms with Crippen LogP contribution in [0.15, 0.2) is 22.7 Å². The molecular formula is C16H24BrClN2. The van der Waals surface area contributed by atoms with Crippen molar-refractivity contribution in [2.75, 3.05) is 13.1 Å². The second-order valence-electron chi connectivity index (χ2n) is 5.93. The number of hydrogen-bond acceptors (Lipinski definition) is 2. The van der Waals surface area contributed by atoms with Crippen LogP contribution in [0, 0.1) is 5.92 Å². The molecule has 0 aliphatic carbocycles. The van der Waals surface area contributed by atoms with Gasteiger partial charge in [-0.05, 0) is 69.5 Å². The van der Waals surface area contributed by atoms with Gasteiger partial charge in [-0.25, -0.2) is 0 Å². The molecule has 1 fully saturated rings. The Labute approximate surface area is 135 Å². The number of likely N-dealkylation sites (tertiary alicyclic amines) is 1. The third-order valence-corrected chi connectivity index (χ3v) is 5.25. The average Bonchev–Trinajstić information content (AvgIpc) is 2.63. The predicted molar refractivity (Wildman–Crippen MR) is 90.1 cm³/mol. The lowest BCUT2D eigenvalue weighted by Crippen LogP contribution is -2.40. The second kappa shape index (κ2) is 7.26. The Morgan fingerprint density at radius 3 is 2.80 bits per heavy atom. The van der Waals surface area contributed by atoms with Crippen molar-refractivity contribution in [1.82, 2.24) is 4.90 Å². The van der Waals surface area contributed by atoms with E-state index in [1.807, 2.05) is 6.07 Å². The smallest absolute Gasteiger partial charge is 0.0410 e. The van der Waals surface area contributed by atoms with E-state index in [1.54, 1.807) is 0 Å². The van der Waals surface area contributed by atoms with Crippen molar-refractivity contribution in [3.05, 3.63) is 33.3 Å². The SMILES string of the molecule is CC(C)N1CCCCC(CN)C1c1cc(Cl)ccc1Br. The van der Waals surface area contributed by atoms with Gasteiger partial charge in [0.2, 0.25) is 0 Å². The molecule has 2 atom stereocenters. The third-order valence-electron chi connectivity index (χ3n) is 4.29. The molecule has 2 rings (SSSR count). The highest BCUT2D eigenvalue weighted by atomic mass is 79.9. The number of nitrogens with zero attached hydrogens (tertiary/aromatic N) is 1. The molecule has 0 bridgehead atoms. The molecule has 1 saturated heterocycles. The highest BCUT2D eigenvalue weighted by molar-refractivity contribution is 9.10. The first-order valence-electron chi connectivity index (χ1n) is 7.45. The third kappa shape index (κ3) is 3.56. The summed E-state index contributed by atoms with van der Waals surface area (Å²) in [5.41, 5.74) is 7.36. The highest BCUT2D eigenvalue weighted by Gasteiger charge is 2.32. The first-order chi connectivity index (χ1) is 9.54. The largest absolute Gasteiger partial charge is 0.330 e. The van der Waals surface area contributed by atoms with Crippen LogP contribution in [0.3, 0.4) is 0 Å². The highest BCUT2D eigenvalue weighted by Crippen LogP contribution is 2.39. The van der Waals surface area contributed by atoms with Gasteiger partial charge in [-0.1, -0.05) is 34.0 Å². The van der Waals surface area contributed by atoms with E-state index < -0.39 is 0 Å². The Morgan fingerprint density at radius 2 is 2.15 bits per heavy atom. The lowest BCUT2D eigenvalue weighted by molar-refractivity contribution is 0.121. The van der Waals surface area contributed by atoms with Crippen LogP contribution in [0.1, 0.15) is 44.7 Å². The summed E-state index contributed by atoms with van der Waals surface area (Å²) < 4.78 is 1.14. The van der Waals surface area contributed by atoms with E-state index in [2.05, 4.69) is 46.8 Å². The lowest BCUT2D eigenvalue weighted by atomic mass is 9.88. The Balaban J connectivity index is 2.45. The van der Waals surface area contributed by atoms with Crippen LogP contribution in [0.2, 0.25) is 5.02 Å². The van der Waals surface area contributed by atoms with Crippen LogP contribution in [0.25, 0.3) is 0 Å². The van der Waals surface area contributed by atoms with Gasteiger partial charge in [-0.3, -0.25) is 4.90 Å². The molecule has 1 aromatic rings. The molecular weight excluding hydrogens is 336 g/mol. The van der Waals surface area contributed by atoms with Crippen LogP contribution < -0.4 is 5.73 Å². The number of halogens is 2. The summed E-state index contributed by atoms with van der Waals surface area (Å²) in [7, 11) is 0. The van der Waals surface area contributed by atoms with Gasteiger partial charge < -0.3 is 5.73 Å². The van der Waals surface area contributed by atoms with Crippen molar-refractivity contribution in [2.24, 2.45) is 11.7 Å². The van der Waals surface area contributed by atoms with Crippen molar-refractivity contribution in [2.45, 2.75) is 45.2 Å². The molecule has 0 amide bonds. The maximum Gasteiger partial charge on any atom is 0.0410 e. The van der Waals surface area contributed by atoms with Crippen LogP contribution in [-0.4, -0.2) is 24.0 Å². The number of hydrogen-bond donors (Lipinski definition) is 1. The minimum absolute atomic E-state index is 0.357. The van der Waals surface area contributed by atoms with Gasteiger partial charge in [0, 0.05) is 21.6 Å². The molecule has 1 heterocycles. The van der Waals surface area contributed by atoms with Crippen molar-refractivity contribution in [3.8, 4) is 0 Å². The summed E-state index contributed by atoms with van der Waals surface area (Å²) in [5, 5.41) is 0.798. The topological polar surface area (TPSA) is 29.3 Å². The standard InChI is InChI=1S/C16H24BrClN2/c1-11(2)20-8-4-3-5-12(10-19)16(20)14-9-13(18)6-7-15(14)17/h6-7,9,11-12,16H,3-5,8,10,19H2,1-2H3. The number of nitrogens with two attached hydrogens (primary N) is 1. The zero-order valence-corrected chi connectivity index (χ0v) is 14.6. The van der Waals surface area contributed by atoms with E-state index in [1.165, 1.54) is 24.8 Å². The maximum atomic E-state index is 6.22. The van der Waals surface area contributed by atoms with E-state index in [-0.39, 0.29) is 0 Å². The quantitative estimate of drug-likeness (QED) is 0.853. The minimum atomic E-state index is 0.357. The molecule has 1 aromatic carbocycles. The molecule has 1 aliphatic heterocycles. The van der Waals surface area contributed by atoms with E-state index in [9.17, 15) is 0 Å². The Kier molecular flexibility index (Phi) is 5.91. The van der Waals surface area contributed by atoms with Gasteiger partial charge in [0.1, 0.15) is 0 Å². The zero-order chi connectivity index (χ0) is 14.7. The minimum Gasteiger partial charge on any atom is -0.330 e. The van der Waals surface area contributed by atoms with Crippen LogP contribution >= 0.6 is 27.5 Å². The zero-order valence-electron chi connectivity index (χ0n) is 12.3. The molecule has 2 N–H and O–H groups in total. The van der Waals surface area contributed by atoms with Gasteiger partial charge in [0.25, 0.3) is 0 Å². The van der Waals surface area contributed by atoms with Gasteiger partial charge in [-0.15, -0.1) is 0 Å². The van der Waals surface area contributed by atoms with Crippen molar-refractivity contribution < 1.29 is 0 Å². The molecule has 2 nitrogen and oxygen atoms in total. The van der Waals surface area contributed by atoms with Gasteiger partial charge in [0.05, 0.1) is 0 Å². The summed E-state index contributed by atoms with van der Waals surface area (Å²) in [6.45, 7) is 6.40. The average molecular weight is 360 g/mol. The van der Waals surface area contributed by atoms with Crippen LogP contribution in [-0.2, 0) is 0 Å². The Morgan fingerprint density at radius 1 is 1.40 bits per heavy atom. The molecule has 0 radical (unpaired) electrons. The summed E-state index contributed by atoms with van der Waals surface area (Å²) >= 11 is 9.92. The first-order valence-corrected chi connectivity index (χ1v) is 8.62. The number of rotatable bonds is 3. The van der Waals surface area contributed by atoms with E-state index in [0.29, 0.717) is 18.0 Å². The second-order valence-corrected chi connectivity index (χ2v) is 7.22. The molecule has 4 heteroatoms. The van der Waals surface area contributed by atoms with E-state index in [0.717, 1.165) is 22.6 Å². The summed E-state index contributed by atoms with van der Waals surface area (Å²) in [6, 6.07) is 6.95. The molecule has 112 valence electrons. The van der Waals surface area contributed by atoms with Crippen LogP contribution in [0.4, 0.5) is 0 Å². The van der Waals surface area contributed by atoms with Gasteiger partial charge in [-0.2, -0.15) is 0 Å². The Hall–Kier alpha value is -0.0900. The Bertz CT molecular complexity index is 450. The summed E-state index contributed by atoms with van der Waals surface area (Å²) in [5.74, 6) is 0.495. The first kappa shape index (κ1) is 16.3. The van der Waals surface area contributed by atoms with Crippen molar-refractivity contribution in [3.63, 3.8) is 0 Å². The number of benzene rings is 1. The van der Waals surface area contributed by atoms with E-state index in [4.69, 9.17) is 17.3 Å². The van der Waals surface area contributed by atoms with E-state index >= 15 is 0 Å². The molecule has 0 spiro atoms. The van der Waals surface area contributed by atoms with Gasteiger partial charge in [0.15, 0.2) is 0 Å². The maximum absolute atomic E-state index is 6.22.